The van der Waals surface area contributed by atoms with Crippen LogP contribution in [0, 0.1) is 0 Å². The van der Waals surface area contributed by atoms with Crippen LogP contribution in [0.3, 0.4) is 0 Å². The monoisotopic (exact) mass is 428 g/mol. The summed E-state index contributed by atoms with van der Waals surface area (Å²) >= 11 is 0. The van der Waals surface area contributed by atoms with Crippen molar-refractivity contribution in [1.29, 1.82) is 0 Å². The Balaban J connectivity index is 0.00000300. The van der Waals surface area contributed by atoms with Crippen LogP contribution in [0.4, 0.5) is 13.2 Å². The van der Waals surface area contributed by atoms with Gasteiger partial charge in [-0.1, -0.05) is 18.2 Å². The second-order valence-electron chi connectivity index (χ2n) is 5.67. The first kappa shape index (κ1) is 22.3. The van der Waals surface area contributed by atoms with Crippen molar-refractivity contribution in [3.63, 3.8) is 0 Å². The van der Waals surface area contributed by atoms with E-state index in [1.54, 1.807) is 18.2 Å². The van der Waals surface area contributed by atoms with Crippen LogP contribution in [0.2, 0.25) is 0 Å². The van der Waals surface area contributed by atoms with Crippen LogP contribution in [0.25, 0.3) is 11.0 Å². The fraction of sp³-hybridized carbons (Fsp3) is 0.158. The van der Waals surface area contributed by atoms with E-state index in [4.69, 9.17) is 19.6 Å². The van der Waals surface area contributed by atoms with Crippen molar-refractivity contribution in [2.45, 2.75) is 12.6 Å². The molecule has 0 aliphatic heterocycles. The molecule has 29 heavy (non-hydrogen) atoms. The Morgan fingerprint density at radius 1 is 1.07 bits per heavy atom. The zero-order valence-electron chi connectivity index (χ0n) is 14.7. The summed E-state index contributed by atoms with van der Waals surface area (Å²) in [5.74, 6) is -3.24. The fourth-order valence-electron chi connectivity index (χ4n) is 2.41. The number of fused-ring (bicyclic) bond motifs is 1. The average Bonchev–Trinajstić information content (AvgIpc) is 2.64. The summed E-state index contributed by atoms with van der Waals surface area (Å²) in [6.07, 6.45) is -5.05. The van der Waals surface area contributed by atoms with E-state index in [0.29, 0.717) is 0 Å². The van der Waals surface area contributed by atoms with Gasteiger partial charge < -0.3 is 32.0 Å². The molecule has 0 amide bonds. The number of carbonyl (C=O) groups excluding carboxylic acids is 1. The van der Waals surface area contributed by atoms with Crippen molar-refractivity contribution in [3.05, 3.63) is 64.5 Å². The molecule has 0 radical (unpaired) electrons. The molecule has 0 spiro atoms. The van der Waals surface area contributed by atoms with Crippen LogP contribution in [0.15, 0.2) is 57.7 Å². The maximum atomic E-state index is 13.5. The Labute approximate surface area is 168 Å². The highest BCUT2D eigenvalue weighted by Gasteiger charge is 2.40. The molecule has 0 saturated heterocycles. The van der Waals surface area contributed by atoms with E-state index in [9.17, 15) is 22.8 Å². The smallest absolute Gasteiger partial charge is 0.453 e. The average molecular weight is 429 g/mol. The lowest BCUT2D eigenvalue weighted by molar-refractivity contribution is -0.154. The predicted octanol–water partition coefficient (Wildman–Crippen LogP) is 0.862. The normalized spacial score (nSPS) is 11.0. The first-order valence-corrected chi connectivity index (χ1v) is 8.11. The van der Waals surface area contributed by atoms with Gasteiger partial charge in [0.25, 0.3) is 5.76 Å². The zero-order chi connectivity index (χ0) is 20.3. The summed E-state index contributed by atoms with van der Waals surface area (Å²) in [7, 11) is 0. The Morgan fingerprint density at radius 2 is 1.76 bits per heavy atom. The molecule has 3 rings (SSSR count). The van der Waals surface area contributed by atoms with E-state index < -0.39 is 34.7 Å². The summed E-state index contributed by atoms with van der Waals surface area (Å²) in [5, 5.41) is -0.155. The van der Waals surface area contributed by atoms with E-state index in [1.807, 2.05) is 0 Å². The van der Waals surface area contributed by atoms with Crippen LogP contribution in [-0.4, -0.2) is 12.5 Å². The summed E-state index contributed by atoms with van der Waals surface area (Å²) < 4.78 is 55.4. The number of nitrogens with two attached hydrogens (primary N) is 1. The number of ether oxygens (including phenoxy) is 2. The van der Waals surface area contributed by atoms with Gasteiger partial charge in [-0.3, -0.25) is 9.59 Å². The molecule has 10 heteroatoms. The van der Waals surface area contributed by atoms with Gasteiger partial charge in [-0.15, -0.1) is 0 Å². The first-order valence-electron chi connectivity index (χ1n) is 8.11. The van der Waals surface area contributed by atoms with E-state index >= 15 is 0 Å². The number of benzene rings is 2. The number of para-hydroxylation sites is 1. The van der Waals surface area contributed by atoms with E-state index in [-0.39, 0.29) is 42.3 Å². The minimum atomic E-state index is -4.98. The molecule has 0 bridgehead atoms. The van der Waals surface area contributed by atoms with Gasteiger partial charge in [0.2, 0.25) is 11.2 Å². The van der Waals surface area contributed by atoms with Crippen LogP contribution < -0.4 is 33.0 Å². The second kappa shape index (κ2) is 8.97. The Kier molecular flexibility index (Phi) is 6.89. The number of esters is 1. The molecule has 0 fully saturated rings. The van der Waals surface area contributed by atoms with E-state index in [0.717, 1.165) is 6.07 Å². The fourth-order valence-corrected chi connectivity index (χ4v) is 2.41. The molecule has 1 aromatic heterocycles. The van der Waals surface area contributed by atoms with Gasteiger partial charge >= 0.3 is 12.1 Å². The molecule has 0 aliphatic rings. The molecule has 0 saturated carbocycles. The number of halogens is 4. The number of hydrogen-bond donors (Lipinski definition) is 1. The number of hydrogen-bond acceptors (Lipinski definition) is 6. The molecule has 2 N–H and O–H groups in total. The Bertz CT molecular complexity index is 1070. The maximum absolute atomic E-state index is 13.5. The van der Waals surface area contributed by atoms with Gasteiger partial charge in [0.15, 0.2) is 0 Å². The molecule has 3 aromatic rings. The molecule has 6 nitrogen and oxygen atoms in total. The Hall–Kier alpha value is -3.04. The van der Waals surface area contributed by atoms with Gasteiger partial charge in [0.05, 0.1) is 11.8 Å². The second-order valence-corrected chi connectivity index (χ2v) is 5.67. The molecule has 154 valence electrons. The minimum absolute atomic E-state index is 0. The third-order valence-electron chi connectivity index (χ3n) is 3.62. The van der Waals surface area contributed by atoms with E-state index in [1.165, 1.54) is 24.3 Å². The highest BCUT2D eigenvalue weighted by atomic mass is 35.5. The van der Waals surface area contributed by atoms with Crippen LogP contribution in [0.1, 0.15) is 12.2 Å². The lowest BCUT2D eigenvalue weighted by Crippen LogP contribution is -3.00. The molecule has 2 aromatic carbocycles. The van der Waals surface area contributed by atoms with Crippen molar-refractivity contribution >= 4 is 16.9 Å². The van der Waals surface area contributed by atoms with Crippen molar-refractivity contribution in [3.8, 4) is 17.2 Å². The number of alkyl halides is 3. The minimum Gasteiger partial charge on any atom is -1.00 e. The molecular formula is C19H14ClF3NO5-. The third-order valence-corrected chi connectivity index (χ3v) is 3.62. The summed E-state index contributed by atoms with van der Waals surface area (Å²) in [5.41, 5.74) is 3.85. The molecular weight excluding hydrogens is 415 g/mol. The van der Waals surface area contributed by atoms with Crippen LogP contribution >= 0.6 is 0 Å². The van der Waals surface area contributed by atoms with Gasteiger partial charge in [-0.25, -0.2) is 0 Å². The first-order chi connectivity index (χ1) is 13.3. The van der Waals surface area contributed by atoms with Gasteiger partial charge in [-0.05, 0) is 24.3 Å². The summed E-state index contributed by atoms with van der Waals surface area (Å²) in [4.78, 5) is 24.1. The Morgan fingerprint density at radius 3 is 2.38 bits per heavy atom. The quantitative estimate of drug-likeness (QED) is 0.479. The number of carbonyl (C=O) groups is 1. The largest absolute Gasteiger partial charge is 1.00 e. The van der Waals surface area contributed by atoms with Crippen LogP contribution in [-0.2, 0) is 11.0 Å². The van der Waals surface area contributed by atoms with Gasteiger partial charge in [-0.2, -0.15) is 13.2 Å². The molecule has 1 heterocycles. The number of rotatable bonds is 5. The van der Waals surface area contributed by atoms with Crippen LogP contribution in [0.5, 0.6) is 17.2 Å². The summed E-state index contributed by atoms with van der Waals surface area (Å²) in [6.45, 7) is 0.0555. The van der Waals surface area contributed by atoms with E-state index in [2.05, 4.69) is 0 Å². The lowest BCUT2D eigenvalue weighted by Gasteiger charge is -2.13. The SMILES string of the molecule is NCCC(=O)Oc1ccc2c(=O)c(Oc3ccccc3)c(C(F)(F)F)oc2c1.[Cl-]. The van der Waals surface area contributed by atoms with Gasteiger partial charge in [0, 0.05) is 12.6 Å². The third kappa shape index (κ3) is 5.07. The van der Waals surface area contributed by atoms with Gasteiger partial charge in [0.1, 0.15) is 17.1 Å². The van der Waals surface area contributed by atoms with Crippen molar-refractivity contribution in [1.82, 2.24) is 0 Å². The van der Waals surface area contributed by atoms with Crippen molar-refractivity contribution < 1.29 is 44.3 Å². The molecule has 0 unspecified atom stereocenters. The standard InChI is InChI=1S/C19H14F3NO5.ClH/c20-19(21,22)18-17(27-11-4-2-1-3-5-11)16(25)13-7-6-12(10-14(13)28-18)26-15(24)8-9-23;/h1-7,10H,8-9,23H2;1H/p-1. The molecule has 0 atom stereocenters. The highest BCUT2D eigenvalue weighted by Crippen LogP contribution is 2.38. The van der Waals surface area contributed by atoms with Crippen molar-refractivity contribution in [2.75, 3.05) is 6.54 Å². The zero-order valence-corrected chi connectivity index (χ0v) is 15.4. The maximum Gasteiger partial charge on any atom is 0.453 e. The van der Waals surface area contributed by atoms with Crippen molar-refractivity contribution in [2.24, 2.45) is 5.73 Å². The summed E-state index contributed by atoms with van der Waals surface area (Å²) in [6, 6.07) is 11.1. The molecule has 0 aliphatic carbocycles. The topological polar surface area (TPSA) is 91.8 Å². The lowest BCUT2D eigenvalue weighted by atomic mass is 10.2. The highest BCUT2D eigenvalue weighted by molar-refractivity contribution is 5.81. The predicted molar refractivity (Wildman–Crippen MR) is 93.3 cm³/mol.